The minimum absolute atomic E-state index is 0.131. The first-order valence-corrected chi connectivity index (χ1v) is 9.40. The average Bonchev–Trinajstić information content (AvgIpc) is 3.21. The highest BCUT2D eigenvalue weighted by atomic mass is 35.5. The zero-order valence-corrected chi connectivity index (χ0v) is 16.7. The first-order chi connectivity index (χ1) is 13.4. The SMILES string of the molecule is Cc1cc2nc(C)c(CCC(=O)OCc3cn4cc(Cl)ccc4n3)c(C)n2n1. The first-order valence-electron chi connectivity index (χ1n) is 9.02. The normalized spacial score (nSPS) is 11.4. The number of pyridine rings is 1. The quantitative estimate of drug-likeness (QED) is 0.481. The number of rotatable bonds is 5. The standard InChI is InChI=1S/C20H20ClN5O2/c1-12-8-19-22-13(2)17(14(3)26(19)24-12)5-7-20(27)28-11-16-10-25-9-15(21)4-6-18(25)23-16/h4,6,8-10H,5,7,11H2,1-3H3. The summed E-state index contributed by atoms with van der Waals surface area (Å²) in [5, 5.41) is 5.08. The van der Waals surface area contributed by atoms with Crippen LogP contribution < -0.4 is 0 Å². The number of ether oxygens (including phenoxy) is 1. The van der Waals surface area contributed by atoms with Gasteiger partial charge in [0.2, 0.25) is 0 Å². The Hall–Kier alpha value is -2.93. The summed E-state index contributed by atoms with van der Waals surface area (Å²) < 4.78 is 9.03. The van der Waals surface area contributed by atoms with Crippen molar-refractivity contribution < 1.29 is 9.53 Å². The highest BCUT2D eigenvalue weighted by molar-refractivity contribution is 6.30. The molecule has 0 fully saturated rings. The lowest BCUT2D eigenvalue weighted by atomic mass is 10.1. The van der Waals surface area contributed by atoms with Crippen molar-refractivity contribution in [3.05, 3.63) is 64.0 Å². The van der Waals surface area contributed by atoms with E-state index in [4.69, 9.17) is 16.3 Å². The fraction of sp³-hybridized carbons (Fsp3) is 0.300. The molecule has 0 unspecified atom stereocenters. The van der Waals surface area contributed by atoms with Crippen LogP contribution in [0.1, 0.15) is 34.8 Å². The predicted molar refractivity (Wildman–Crippen MR) is 106 cm³/mol. The molecule has 0 N–H and O–H groups in total. The maximum atomic E-state index is 12.2. The molecule has 0 aliphatic carbocycles. The summed E-state index contributed by atoms with van der Waals surface area (Å²) >= 11 is 5.97. The van der Waals surface area contributed by atoms with Crippen molar-refractivity contribution in [1.82, 2.24) is 24.0 Å². The minimum Gasteiger partial charge on any atom is -0.459 e. The molecule has 0 aliphatic heterocycles. The number of imidazole rings is 1. The molecule has 0 atom stereocenters. The molecule has 0 bridgehead atoms. The van der Waals surface area contributed by atoms with E-state index in [1.165, 1.54) is 0 Å². The van der Waals surface area contributed by atoms with Gasteiger partial charge in [-0.05, 0) is 44.9 Å². The molecule has 7 nitrogen and oxygen atoms in total. The number of hydrogen-bond acceptors (Lipinski definition) is 5. The highest BCUT2D eigenvalue weighted by Crippen LogP contribution is 2.18. The van der Waals surface area contributed by atoms with Gasteiger partial charge in [0, 0.05) is 36.3 Å². The van der Waals surface area contributed by atoms with Crippen LogP contribution in [0.3, 0.4) is 0 Å². The highest BCUT2D eigenvalue weighted by Gasteiger charge is 2.14. The van der Waals surface area contributed by atoms with E-state index in [-0.39, 0.29) is 19.0 Å². The fourth-order valence-electron chi connectivity index (χ4n) is 3.34. The van der Waals surface area contributed by atoms with Gasteiger partial charge in [-0.3, -0.25) is 4.79 Å². The van der Waals surface area contributed by atoms with Crippen LogP contribution in [0.15, 0.2) is 30.6 Å². The van der Waals surface area contributed by atoms with Gasteiger partial charge in [-0.15, -0.1) is 0 Å². The maximum Gasteiger partial charge on any atom is 0.306 e. The van der Waals surface area contributed by atoms with Crippen LogP contribution in [0, 0.1) is 20.8 Å². The number of carbonyl (C=O) groups excluding carboxylic acids is 1. The number of carbonyl (C=O) groups is 1. The summed E-state index contributed by atoms with van der Waals surface area (Å²) in [6.45, 7) is 6.02. The number of fused-ring (bicyclic) bond motifs is 2. The third-order valence-corrected chi connectivity index (χ3v) is 4.93. The minimum atomic E-state index is -0.273. The van der Waals surface area contributed by atoms with Crippen molar-refractivity contribution in [2.24, 2.45) is 0 Å². The monoisotopic (exact) mass is 397 g/mol. The molecule has 0 aliphatic rings. The molecule has 4 rings (SSSR count). The topological polar surface area (TPSA) is 73.8 Å². The predicted octanol–water partition coefficient (Wildman–Crippen LogP) is 3.63. The Bertz CT molecular complexity index is 1190. The van der Waals surface area contributed by atoms with E-state index in [2.05, 4.69) is 15.1 Å². The molecule has 0 aromatic carbocycles. The summed E-state index contributed by atoms with van der Waals surface area (Å²) in [7, 11) is 0. The van der Waals surface area contributed by atoms with E-state index < -0.39 is 0 Å². The van der Waals surface area contributed by atoms with Crippen molar-refractivity contribution in [1.29, 1.82) is 0 Å². The van der Waals surface area contributed by atoms with E-state index in [1.54, 1.807) is 18.5 Å². The Morgan fingerprint density at radius 1 is 1.14 bits per heavy atom. The number of esters is 1. The molecule has 0 saturated carbocycles. The second-order valence-electron chi connectivity index (χ2n) is 6.82. The van der Waals surface area contributed by atoms with Crippen LogP contribution in [0.5, 0.6) is 0 Å². The molecule has 4 aromatic rings. The summed E-state index contributed by atoms with van der Waals surface area (Å²) in [5.41, 5.74) is 6.12. The molecule has 4 aromatic heterocycles. The lowest BCUT2D eigenvalue weighted by molar-refractivity contribution is -0.145. The molecule has 0 radical (unpaired) electrons. The Morgan fingerprint density at radius 3 is 2.79 bits per heavy atom. The largest absolute Gasteiger partial charge is 0.459 e. The van der Waals surface area contributed by atoms with E-state index >= 15 is 0 Å². The number of nitrogens with zero attached hydrogens (tertiary/aromatic N) is 5. The Kier molecular flexibility index (Phi) is 4.77. The average molecular weight is 398 g/mol. The van der Waals surface area contributed by atoms with Gasteiger partial charge < -0.3 is 9.14 Å². The molecular formula is C20H20ClN5O2. The summed E-state index contributed by atoms with van der Waals surface area (Å²) in [6.07, 6.45) is 4.40. The van der Waals surface area contributed by atoms with Crippen molar-refractivity contribution in [2.75, 3.05) is 0 Å². The van der Waals surface area contributed by atoms with Gasteiger partial charge in [0.05, 0.1) is 16.4 Å². The van der Waals surface area contributed by atoms with Gasteiger partial charge >= 0.3 is 5.97 Å². The van der Waals surface area contributed by atoms with Crippen LogP contribution in [0.25, 0.3) is 11.3 Å². The van der Waals surface area contributed by atoms with Crippen molar-refractivity contribution in [3.8, 4) is 0 Å². The molecule has 0 saturated heterocycles. The van der Waals surface area contributed by atoms with E-state index in [1.807, 2.05) is 41.8 Å². The van der Waals surface area contributed by atoms with Gasteiger partial charge in [0.15, 0.2) is 5.65 Å². The van der Waals surface area contributed by atoms with Crippen molar-refractivity contribution in [3.63, 3.8) is 0 Å². The van der Waals surface area contributed by atoms with E-state index in [9.17, 15) is 4.79 Å². The number of aromatic nitrogens is 5. The number of hydrogen-bond donors (Lipinski definition) is 0. The summed E-state index contributed by atoms with van der Waals surface area (Å²) in [6, 6.07) is 5.54. The van der Waals surface area contributed by atoms with E-state index in [0.717, 1.165) is 33.9 Å². The number of halogens is 1. The van der Waals surface area contributed by atoms with Gasteiger partial charge in [0.1, 0.15) is 12.3 Å². The first kappa shape index (κ1) is 18.4. The van der Waals surface area contributed by atoms with Gasteiger partial charge in [0.25, 0.3) is 0 Å². The summed E-state index contributed by atoms with van der Waals surface area (Å²) in [4.78, 5) is 21.2. The third-order valence-electron chi connectivity index (χ3n) is 4.71. The van der Waals surface area contributed by atoms with Gasteiger partial charge in [-0.25, -0.2) is 14.5 Å². The van der Waals surface area contributed by atoms with Crippen LogP contribution in [-0.2, 0) is 22.6 Å². The molecular weight excluding hydrogens is 378 g/mol. The Balaban J connectivity index is 1.40. The maximum absolute atomic E-state index is 12.2. The second-order valence-corrected chi connectivity index (χ2v) is 7.26. The Labute approximate surface area is 166 Å². The van der Waals surface area contributed by atoms with Gasteiger partial charge in [-0.1, -0.05) is 11.6 Å². The van der Waals surface area contributed by atoms with Crippen molar-refractivity contribution >= 4 is 28.9 Å². The molecule has 8 heteroatoms. The Morgan fingerprint density at radius 2 is 1.96 bits per heavy atom. The zero-order chi connectivity index (χ0) is 19.8. The lowest BCUT2D eigenvalue weighted by Crippen LogP contribution is -2.10. The van der Waals surface area contributed by atoms with Crippen LogP contribution in [0.2, 0.25) is 5.02 Å². The molecule has 0 amide bonds. The van der Waals surface area contributed by atoms with Crippen LogP contribution >= 0.6 is 11.6 Å². The molecule has 28 heavy (non-hydrogen) atoms. The third kappa shape index (κ3) is 3.57. The zero-order valence-electron chi connectivity index (χ0n) is 15.9. The van der Waals surface area contributed by atoms with E-state index in [0.29, 0.717) is 17.1 Å². The fourth-order valence-corrected chi connectivity index (χ4v) is 3.51. The molecule has 0 spiro atoms. The van der Waals surface area contributed by atoms with Crippen molar-refractivity contribution in [2.45, 2.75) is 40.2 Å². The smallest absolute Gasteiger partial charge is 0.306 e. The van der Waals surface area contributed by atoms with Crippen LogP contribution in [0.4, 0.5) is 0 Å². The van der Waals surface area contributed by atoms with Crippen LogP contribution in [-0.4, -0.2) is 30.0 Å². The van der Waals surface area contributed by atoms with Gasteiger partial charge in [-0.2, -0.15) is 5.10 Å². The molecule has 144 valence electrons. The lowest BCUT2D eigenvalue weighted by Gasteiger charge is -2.10. The summed E-state index contributed by atoms with van der Waals surface area (Å²) in [5.74, 6) is -0.273. The number of aryl methyl sites for hydroxylation is 3. The molecule has 4 heterocycles. The second kappa shape index (κ2) is 7.24.